The van der Waals surface area contributed by atoms with Gasteiger partial charge < -0.3 is 10.8 Å². The van der Waals surface area contributed by atoms with Gasteiger partial charge in [-0.05, 0) is 67.1 Å². The number of amides is 2. The van der Waals surface area contributed by atoms with Gasteiger partial charge >= 0.3 is 0 Å². The normalized spacial score (nSPS) is 13.5. The molecule has 2 aromatic rings. The fraction of sp³-hybridized carbons (Fsp3) is 0.359. The maximum Gasteiger partial charge on any atom is 0.218 e. The first-order chi connectivity index (χ1) is 22.2. The molecule has 1 unspecified atom stereocenters. The van der Waals surface area contributed by atoms with Crippen molar-refractivity contribution in [2.45, 2.75) is 78.8 Å². The van der Waals surface area contributed by atoms with E-state index in [0.29, 0.717) is 6.54 Å². The molecule has 0 saturated carbocycles. The van der Waals surface area contributed by atoms with E-state index < -0.39 is 0 Å². The number of hydrogen-bond acceptors (Lipinski definition) is 5. The van der Waals surface area contributed by atoms with Crippen molar-refractivity contribution in [1.29, 1.82) is 0 Å². The van der Waals surface area contributed by atoms with Crippen molar-refractivity contribution in [1.82, 2.24) is 9.88 Å². The van der Waals surface area contributed by atoms with Crippen LogP contribution in [-0.4, -0.2) is 46.5 Å². The third-order valence-corrected chi connectivity index (χ3v) is 7.28. The van der Waals surface area contributed by atoms with Crippen LogP contribution < -0.4 is 10.6 Å². The van der Waals surface area contributed by atoms with Crippen LogP contribution in [-0.2, 0) is 21.5 Å². The lowest BCUT2D eigenvalue weighted by molar-refractivity contribution is -0.116. The topological polar surface area (TPSA) is 99.8 Å². The molecule has 1 aromatic carbocycles. The first-order valence-electron chi connectivity index (χ1n) is 16.0. The number of carbonyl (C=O) groups excluding carboxylic acids is 2. The molecule has 7 nitrogen and oxygen atoms in total. The zero-order valence-electron chi connectivity index (χ0n) is 28.6. The van der Waals surface area contributed by atoms with E-state index in [1.807, 2.05) is 80.6 Å². The van der Waals surface area contributed by atoms with Crippen LogP contribution in [0.4, 0.5) is 5.69 Å². The Hall–Kier alpha value is -4.33. The minimum atomic E-state index is -0.333. The lowest BCUT2D eigenvalue weighted by Gasteiger charge is -2.37. The molecule has 3 N–H and O–H groups in total. The highest BCUT2D eigenvalue weighted by Gasteiger charge is 2.31. The molecular weight excluding hydrogens is 572 g/mol. The Morgan fingerprint density at radius 1 is 1.11 bits per heavy atom. The SMILES string of the molecule is C=C/C=C\C=C/CC1=CC=C(N(C=O)c2ccccc2C(C)(C)CC(CO)N(CC)Cc2ccccn2)C=CC1.CC.CC(N)=O. The number of aromatic nitrogens is 1. The van der Waals surface area contributed by atoms with Crippen LogP contribution in [0.2, 0.25) is 0 Å². The number of carbonyl (C=O) groups is 2. The number of rotatable bonds is 15. The zero-order valence-corrected chi connectivity index (χ0v) is 28.6. The molecule has 7 heteroatoms. The first kappa shape index (κ1) is 39.7. The molecule has 0 spiro atoms. The number of likely N-dealkylation sites (N-methyl/N-ethyl adjacent to an activating group) is 1. The maximum atomic E-state index is 12.5. The Morgan fingerprint density at radius 2 is 1.80 bits per heavy atom. The fourth-order valence-electron chi connectivity index (χ4n) is 5.13. The molecule has 2 amide bonds. The molecule has 1 atom stereocenters. The molecule has 0 fully saturated rings. The molecule has 1 aliphatic rings. The van der Waals surface area contributed by atoms with Gasteiger partial charge in [0.15, 0.2) is 0 Å². The highest BCUT2D eigenvalue weighted by atomic mass is 16.3. The van der Waals surface area contributed by atoms with Crippen LogP contribution in [0.15, 0.2) is 121 Å². The summed E-state index contributed by atoms with van der Waals surface area (Å²) in [6, 6.07) is 14.0. The summed E-state index contributed by atoms with van der Waals surface area (Å²) >= 11 is 0. The summed E-state index contributed by atoms with van der Waals surface area (Å²) < 4.78 is 0. The number of aliphatic hydroxyl groups is 1. The van der Waals surface area contributed by atoms with Crippen LogP contribution in [0.1, 0.15) is 72.1 Å². The monoisotopic (exact) mass is 626 g/mol. The lowest BCUT2D eigenvalue weighted by atomic mass is 9.77. The Morgan fingerprint density at radius 3 is 2.41 bits per heavy atom. The number of nitrogens with two attached hydrogens (primary N) is 1. The van der Waals surface area contributed by atoms with Crippen LogP contribution in [0.3, 0.4) is 0 Å². The number of pyridine rings is 1. The van der Waals surface area contributed by atoms with E-state index in [9.17, 15) is 14.7 Å². The third-order valence-electron chi connectivity index (χ3n) is 7.28. The van der Waals surface area contributed by atoms with E-state index in [0.717, 1.165) is 54.9 Å². The molecule has 1 heterocycles. The highest BCUT2D eigenvalue weighted by molar-refractivity contribution is 5.83. The summed E-state index contributed by atoms with van der Waals surface area (Å²) in [4.78, 5) is 30.2. The molecule has 248 valence electrons. The van der Waals surface area contributed by atoms with Crippen molar-refractivity contribution in [3.63, 3.8) is 0 Å². The number of allylic oxidation sites excluding steroid dienone is 10. The number of aliphatic hydroxyl groups excluding tert-OH is 1. The standard InChI is InChI=1S/C35H43N3O2.C2H5NO.C2H6/c1-5-7-8-9-10-16-29-17-15-19-31(23-22-29)38(28-40)34-21-12-11-20-33(34)35(3,4)25-32(27-39)37(6-2)26-30-18-13-14-24-36-30;1-2(3)4;1-2/h5,7-15,18-24,28,32,39H,1,6,16-17,25-27H2,2-4H3;1H3,(H2,3,4);1-2H3/b8-7-,10-9-;;. The molecule has 46 heavy (non-hydrogen) atoms. The van der Waals surface area contributed by atoms with Gasteiger partial charge in [-0.25, -0.2) is 0 Å². The zero-order chi connectivity index (χ0) is 34.4. The van der Waals surface area contributed by atoms with Gasteiger partial charge in [0.2, 0.25) is 12.3 Å². The number of hydrogen-bond donors (Lipinski definition) is 2. The summed E-state index contributed by atoms with van der Waals surface area (Å²) in [6.07, 6.45) is 23.1. The Balaban J connectivity index is 0.00000163. The Labute approximate surface area is 277 Å². The van der Waals surface area contributed by atoms with Gasteiger partial charge in [-0.3, -0.25) is 24.4 Å². The minimum absolute atomic E-state index is 0.0446. The first-order valence-corrected chi connectivity index (χ1v) is 16.0. The van der Waals surface area contributed by atoms with E-state index in [1.54, 1.807) is 17.2 Å². The van der Waals surface area contributed by atoms with Gasteiger partial charge in [0.1, 0.15) is 0 Å². The molecular formula is C39H54N4O3. The number of para-hydroxylation sites is 1. The summed E-state index contributed by atoms with van der Waals surface area (Å²) in [7, 11) is 0. The summed E-state index contributed by atoms with van der Waals surface area (Å²) in [5.41, 5.74) is 9.16. The van der Waals surface area contributed by atoms with Gasteiger partial charge in [0, 0.05) is 31.4 Å². The maximum absolute atomic E-state index is 12.5. The Kier molecular flexibility index (Phi) is 19.2. The van der Waals surface area contributed by atoms with Crippen molar-refractivity contribution in [3.8, 4) is 0 Å². The largest absolute Gasteiger partial charge is 0.395 e. The van der Waals surface area contributed by atoms with Crippen molar-refractivity contribution >= 4 is 18.0 Å². The van der Waals surface area contributed by atoms with E-state index >= 15 is 0 Å². The van der Waals surface area contributed by atoms with Crippen molar-refractivity contribution in [2.75, 3.05) is 18.1 Å². The highest BCUT2D eigenvalue weighted by Crippen LogP contribution is 2.38. The number of anilines is 1. The number of nitrogens with zero attached hydrogens (tertiary/aromatic N) is 3. The molecule has 1 aromatic heterocycles. The van der Waals surface area contributed by atoms with E-state index in [1.165, 1.54) is 12.5 Å². The molecule has 0 bridgehead atoms. The number of benzene rings is 1. The minimum Gasteiger partial charge on any atom is -0.395 e. The second-order valence-corrected chi connectivity index (χ2v) is 11.2. The molecule has 1 aliphatic carbocycles. The summed E-state index contributed by atoms with van der Waals surface area (Å²) in [6.45, 7) is 17.0. The quantitative estimate of drug-likeness (QED) is 0.157. The van der Waals surface area contributed by atoms with Crippen LogP contribution in [0, 0.1) is 0 Å². The molecule has 3 rings (SSSR count). The predicted molar refractivity (Wildman–Crippen MR) is 193 cm³/mol. The summed E-state index contributed by atoms with van der Waals surface area (Å²) in [5, 5.41) is 10.4. The van der Waals surface area contributed by atoms with Crippen molar-refractivity contribution < 1.29 is 14.7 Å². The number of primary amides is 1. The second kappa shape index (κ2) is 22.2. The van der Waals surface area contributed by atoms with Gasteiger partial charge in [0.25, 0.3) is 0 Å². The van der Waals surface area contributed by atoms with E-state index in [2.05, 4.69) is 67.3 Å². The lowest BCUT2D eigenvalue weighted by Crippen LogP contribution is -2.42. The smallest absolute Gasteiger partial charge is 0.218 e. The van der Waals surface area contributed by atoms with Gasteiger partial charge in [-0.1, -0.05) is 114 Å². The van der Waals surface area contributed by atoms with E-state index in [4.69, 9.17) is 0 Å². The van der Waals surface area contributed by atoms with Crippen LogP contribution in [0.5, 0.6) is 0 Å². The van der Waals surface area contributed by atoms with E-state index in [-0.39, 0.29) is 24.0 Å². The molecule has 0 aliphatic heterocycles. The summed E-state index contributed by atoms with van der Waals surface area (Å²) in [5.74, 6) is -0.333. The van der Waals surface area contributed by atoms with Gasteiger partial charge in [-0.15, -0.1) is 0 Å². The average molecular weight is 627 g/mol. The fourth-order valence-corrected chi connectivity index (χ4v) is 5.13. The van der Waals surface area contributed by atoms with Crippen LogP contribution >= 0.6 is 0 Å². The molecule has 0 saturated heterocycles. The third kappa shape index (κ3) is 13.8. The van der Waals surface area contributed by atoms with Crippen molar-refractivity contribution in [3.05, 3.63) is 132 Å². The molecule has 0 radical (unpaired) electrons. The Bertz CT molecular complexity index is 1350. The second-order valence-electron chi connectivity index (χ2n) is 11.2. The average Bonchev–Trinajstić information content (AvgIpc) is 3.30. The predicted octanol–water partition coefficient (Wildman–Crippen LogP) is 7.57. The van der Waals surface area contributed by atoms with Gasteiger partial charge in [0.05, 0.1) is 18.0 Å². The van der Waals surface area contributed by atoms with Crippen molar-refractivity contribution in [2.24, 2.45) is 5.73 Å². The van der Waals surface area contributed by atoms with Crippen LogP contribution in [0.25, 0.3) is 0 Å². The van der Waals surface area contributed by atoms with Gasteiger partial charge in [-0.2, -0.15) is 0 Å².